The third kappa shape index (κ3) is 2.49. The second-order valence-corrected chi connectivity index (χ2v) is 6.81. The fourth-order valence-electron chi connectivity index (χ4n) is 3.10. The Labute approximate surface area is 144 Å². The molecule has 0 unspecified atom stereocenters. The molecule has 2 aromatic heterocycles. The molecule has 0 spiro atoms. The number of hydrogen-bond donors (Lipinski definition) is 1. The summed E-state index contributed by atoms with van der Waals surface area (Å²) in [5, 5.41) is 5.26. The smallest absolute Gasteiger partial charge is 0.261 e. The number of benzene rings is 2. The lowest BCUT2D eigenvalue weighted by Crippen LogP contribution is -2.21. The normalized spacial score (nSPS) is 11.2. The molecule has 0 bridgehead atoms. The van der Waals surface area contributed by atoms with Gasteiger partial charge in [0.25, 0.3) is 5.91 Å². The maximum Gasteiger partial charge on any atom is 0.261 e. The monoisotopic (exact) mass is 334 g/mol. The predicted octanol–water partition coefficient (Wildman–Crippen LogP) is 4.65. The summed E-state index contributed by atoms with van der Waals surface area (Å²) >= 11 is 1.57. The first kappa shape index (κ1) is 15.0. The summed E-state index contributed by atoms with van der Waals surface area (Å²) in [5.41, 5.74) is 2.47. The van der Waals surface area contributed by atoms with E-state index in [2.05, 4.69) is 58.4 Å². The molecule has 1 N–H and O–H groups in total. The van der Waals surface area contributed by atoms with E-state index in [0.29, 0.717) is 6.54 Å². The lowest BCUT2D eigenvalue weighted by atomic mass is 10.2. The van der Waals surface area contributed by atoms with Crippen molar-refractivity contribution in [2.75, 3.05) is 6.54 Å². The fraction of sp³-hybridized carbons (Fsp3) is 0.150. The molecule has 2 aromatic carbocycles. The van der Waals surface area contributed by atoms with Crippen molar-refractivity contribution >= 4 is 38.4 Å². The Bertz CT molecular complexity index is 1010. The largest absolute Gasteiger partial charge is 0.352 e. The van der Waals surface area contributed by atoms with Crippen LogP contribution in [0.1, 0.15) is 22.2 Å². The van der Waals surface area contributed by atoms with Crippen molar-refractivity contribution in [2.45, 2.75) is 13.5 Å². The van der Waals surface area contributed by atoms with Crippen molar-refractivity contribution in [3.63, 3.8) is 0 Å². The highest BCUT2D eigenvalue weighted by molar-refractivity contribution is 7.20. The summed E-state index contributed by atoms with van der Waals surface area (Å²) in [5.74, 6) is 0.00837. The summed E-state index contributed by atoms with van der Waals surface area (Å²) in [4.78, 5) is 14.1. The Morgan fingerprint density at radius 2 is 1.79 bits per heavy atom. The zero-order chi connectivity index (χ0) is 16.5. The third-order valence-electron chi connectivity index (χ3n) is 4.19. The number of hydrogen-bond acceptors (Lipinski definition) is 2. The van der Waals surface area contributed by atoms with Crippen LogP contribution >= 0.6 is 11.3 Å². The number of amides is 1. The third-order valence-corrected chi connectivity index (χ3v) is 5.34. The van der Waals surface area contributed by atoms with Crippen molar-refractivity contribution in [1.82, 2.24) is 9.88 Å². The number of nitrogens with one attached hydrogen (secondary N) is 1. The number of para-hydroxylation sites is 1. The number of fused-ring (bicyclic) bond motifs is 3. The first-order valence-electron chi connectivity index (χ1n) is 8.11. The van der Waals surface area contributed by atoms with E-state index in [0.717, 1.165) is 21.6 Å². The molecule has 4 aromatic rings. The molecular formula is C20H18N2OS. The van der Waals surface area contributed by atoms with Gasteiger partial charge in [-0.15, -0.1) is 11.3 Å². The SMILES string of the molecule is CCNC(=O)c1cc2c3ccccc3n(Cc3ccccc3)c2s1. The first-order chi connectivity index (χ1) is 11.8. The number of thiophene rings is 1. The Morgan fingerprint density at radius 1 is 1.04 bits per heavy atom. The summed E-state index contributed by atoms with van der Waals surface area (Å²) in [6, 6.07) is 20.9. The van der Waals surface area contributed by atoms with Crippen LogP contribution in [0.5, 0.6) is 0 Å². The number of aromatic nitrogens is 1. The Morgan fingerprint density at radius 3 is 2.58 bits per heavy atom. The Balaban J connectivity index is 1.90. The number of carbonyl (C=O) groups excluding carboxylic acids is 1. The fourth-order valence-corrected chi connectivity index (χ4v) is 4.21. The van der Waals surface area contributed by atoms with Crippen LogP contribution in [0.15, 0.2) is 60.7 Å². The standard InChI is InChI=1S/C20H18N2OS/c1-2-21-19(23)18-12-16-15-10-6-7-11-17(15)22(20(16)24-18)13-14-8-4-3-5-9-14/h3-12H,2,13H2,1H3,(H,21,23). The lowest BCUT2D eigenvalue weighted by molar-refractivity contribution is 0.0960. The van der Waals surface area contributed by atoms with Gasteiger partial charge in [-0.2, -0.15) is 0 Å². The van der Waals surface area contributed by atoms with E-state index in [1.807, 2.05) is 19.1 Å². The van der Waals surface area contributed by atoms with Crippen LogP contribution in [-0.2, 0) is 6.54 Å². The minimum atomic E-state index is 0.00837. The van der Waals surface area contributed by atoms with E-state index >= 15 is 0 Å². The molecule has 3 nitrogen and oxygen atoms in total. The molecule has 2 heterocycles. The van der Waals surface area contributed by atoms with Gasteiger partial charge in [-0.1, -0.05) is 48.5 Å². The van der Waals surface area contributed by atoms with Gasteiger partial charge in [0, 0.05) is 23.9 Å². The molecule has 0 fully saturated rings. The molecule has 4 rings (SSSR count). The van der Waals surface area contributed by atoms with E-state index in [1.54, 1.807) is 11.3 Å². The van der Waals surface area contributed by atoms with E-state index in [1.165, 1.54) is 16.5 Å². The van der Waals surface area contributed by atoms with Crippen LogP contribution in [0.25, 0.3) is 21.1 Å². The summed E-state index contributed by atoms with van der Waals surface area (Å²) in [6.07, 6.45) is 0. The van der Waals surface area contributed by atoms with Gasteiger partial charge < -0.3 is 9.88 Å². The van der Waals surface area contributed by atoms with Crippen LogP contribution in [-0.4, -0.2) is 17.0 Å². The van der Waals surface area contributed by atoms with Gasteiger partial charge in [0.2, 0.25) is 0 Å². The van der Waals surface area contributed by atoms with Crippen LogP contribution < -0.4 is 5.32 Å². The number of carbonyl (C=O) groups is 1. The second-order valence-electron chi connectivity index (χ2n) is 5.78. The van der Waals surface area contributed by atoms with Crippen molar-refractivity contribution in [2.24, 2.45) is 0 Å². The van der Waals surface area contributed by atoms with Gasteiger partial charge in [0.1, 0.15) is 4.83 Å². The van der Waals surface area contributed by atoms with Crippen molar-refractivity contribution in [3.8, 4) is 0 Å². The van der Waals surface area contributed by atoms with E-state index in [-0.39, 0.29) is 5.91 Å². The zero-order valence-corrected chi connectivity index (χ0v) is 14.3. The molecule has 4 heteroatoms. The minimum absolute atomic E-state index is 0.00837. The number of rotatable bonds is 4. The topological polar surface area (TPSA) is 34.0 Å². The Hall–Kier alpha value is -2.59. The maximum atomic E-state index is 12.2. The number of nitrogens with zero attached hydrogens (tertiary/aromatic N) is 1. The average Bonchev–Trinajstić information content (AvgIpc) is 3.16. The molecule has 0 aliphatic carbocycles. The van der Waals surface area contributed by atoms with E-state index in [9.17, 15) is 4.79 Å². The Kier molecular flexibility index (Phi) is 3.82. The molecule has 1 amide bonds. The van der Waals surface area contributed by atoms with Gasteiger partial charge >= 0.3 is 0 Å². The van der Waals surface area contributed by atoms with Gasteiger partial charge in [-0.05, 0) is 24.6 Å². The lowest BCUT2D eigenvalue weighted by Gasteiger charge is -2.07. The molecule has 0 saturated heterocycles. The van der Waals surface area contributed by atoms with Crippen molar-refractivity contribution < 1.29 is 4.79 Å². The van der Waals surface area contributed by atoms with E-state index < -0.39 is 0 Å². The second kappa shape index (κ2) is 6.13. The summed E-state index contributed by atoms with van der Waals surface area (Å²) < 4.78 is 2.31. The van der Waals surface area contributed by atoms with Crippen molar-refractivity contribution in [1.29, 1.82) is 0 Å². The first-order valence-corrected chi connectivity index (χ1v) is 8.92. The van der Waals surface area contributed by atoms with Crippen LogP contribution in [0.2, 0.25) is 0 Å². The van der Waals surface area contributed by atoms with Gasteiger partial charge in [-0.25, -0.2) is 0 Å². The average molecular weight is 334 g/mol. The molecule has 0 radical (unpaired) electrons. The highest BCUT2D eigenvalue weighted by Crippen LogP contribution is 2.35. The summed E-state index contributed by atoms with van der Waals surface area (Å²) in [6.45, 7) is 3.39. The predicted molar refractivity (Wildman–Crippen MR) is 101 cm³/mol. The minimum Gasteiger partial charge on any atom is -0.352 e. The molecule has 0 saturated carbocycles. The quantitative estimate of drug-likeness (QED) is 0.579. The molecule has 0 aliphatic heterocycles. The van der Waals surface area contributed by atoms with Crippen LogP contribution in [0.4, 0.5) is 0 Å². The van der Waals surface area contributed by atoms with E-state index in [4.69, 9.17) is 0 Å². The zero-order valence-electron chi connectivity index (χ0n) is 13.5. The molecule has 24 heavy (non-hydrogen) atoms. The van der Waals surface area contributed by atoms with Crippen LogP contribution in [0, 0.1) is 0 Å². The summed E-state index contributed by atoms with van der Waals surface area (Å²) in [7, 11) is 0. The van der Waals surface area contributed by atoms with Gasteiger partial charge in [0.05, 0.1) is 10.4 Å². The van der Waals surface area contributed by atoms with Gasteiger partial charge in [0.15, 0.2) is 0 Å². The molecular weight excluding hydrogens is 316 g/mol. The maximum absolute atomic E-state index is 12.2. The van der Waals surface area contributed by atoms with Crippen LogP contribution in [0.3, 0.4) is 0 Å². The molecule has 0 aliphatic rings. The highest BCUT2D eigenvalue weighted by atomic mass is 32.1. The molecule has 0 atom stereocenters. The highest BCUT2D eigenvalue weighted by Gasteiger charge is 2.17. The molecule has 120 valence electrons. The van der Waals surface area contributed by atoms with Gasteiger partial charge in [-0.3, -0.25) is 4.79 Å². The van der Waals surface area contributed by atoms with Crippen molar-refractivity contribution in [3.05, 3.63) is 71.1 Å².